The van der Waals surface area contributed by atoms with Crippen LogP contribution in [0.5, 0.6) is 0 Å². The normalized spacial score (nSPS) is 20.0. The van der Waals surface area contributed by atoms with Gasteiger partial charge in [-0.1, -0.05) is 18.2 Å². The van der Waals surface area contributed by atoms with Gasteiger partial charge in [0.25, 0.3) is 5.91 Å². The quantitative estimate of drug-likeness (QED) is 0.782. The predicted octanol–water partition coefficient (Wildman–Crippen LogP) is 2.24. The van der Waals surface area contributed by atoms with Gasteiger partial charge in [0.1, 0.15) is 6.61 Å². The van der Waals surface area contributed by atoms with Crippen LogP contribution in [0.2, 0.25) is 0 Å². The van der Waals surface area contributed by atoms with Gasteiger partial charge in [-0.15, -0.1) is 0 Å². The maximum Gasteiger partial charge on any atom is 0.293 e. The number of rotatable bonds is 3. The lowest BCUT2D eigenvalue weighted by atomic mass is 10.1. The molecule has 6 nitrogen and oxygen atoms in total. The second-order valence-electron chi connectivity index (χ2n) is 6.87. The fourth-order valence-corrected chi connectivity index (χ4v) is 3.49. The first-order valence-electron chi connectivity index (χ1n) is 9.31. The molecule has 0 spiro atoms. The lowest BCUT2D eigenvalue weighted by molar-refractivity contribution is -0.120. The van der Waals surface area contributed by atoms with Crippen molar-refractivity contribution in [3.63, 3.8) is 0 Å². The molecule has 1 amide bonds. The number of nitrogens with zero attached hydrogens (tertiary/aromatic N) is 4. The Hall–Kier alpha value is -2.86. The molecule has 0 bridgehead atoms. The molecule has 27 heavy (non-hydrogen) atoms. The second kappa shape index (κ2) is 7.80. The fourth-order valence-electron chi connectivity index (χ4n) is 3.49. The molecule has 6 heteroatoms. The molecule has 0 aliphatic carbocycles. The standard InChI is InChI=1S/C21H24N4O2/c1-23-9-11-24(12-10-23)19-7-3-2-5-17(19)15-20-21(26)25(13-14-27-20)18-6-4-8-22-16-18/h2-8,15-16H,9-14H2,1H3. The van der Waals surface area contributed by atoms with Crippen LogP contribution in [-0.4, -0.2) is 62.2 Å². The second-order valence-corrected chi connectivity index (χ2v) is 6.87. The summed E-state index contributed by atoms with van der Waals surface area (Å²) in [7, 11) is 2.15. The van der Waals surface area contributed by atoms with Crippen molar-refractivity contribution in [2.24, 2.45) is 0 Å². The van der Waals surface area contributed by atoms with Gasteiger partial charge in [-0.25, -0.2) is 0 Å². The van der Waals surface area contributed by atoms with Crippen molar-refractivity contribution in [2.75, 3.05) is 56.2 Å². The third-order valence-electron chi connectivity index (χ3n) is 5.05. The molecule has 2 saturated heterocycles. The van der Waals surface area contributed by atoms with E-state index in [1.165, 1.54) is 0 Å². The average molecular weight is 364 g/mol. The number of hydrogen-bond donors (Lipinski definition) is 0. The average Bonchev–Trinajstić information content (AvgIpc) is 2.71. The summed E-state index contributed by atoms with van der Waals surface area (Å²) in [5, 5.41) is 0. The number of ether oxygens (including phenoxy) is 1. The van der Waals surface area contributed by atoms with Crippen molar-refractivity contribution < 1.29 is 9.53 Å². The third kappa shape index (κ3) is 3.80. The van der Waals surface area contributed by atoms with Crippen LogP contribution < -0.4 is 9.80 Å². The summed E-state index contributed by atoms with van der Waals surface area (Å²) in [6, 6.07) is 11.9. The first-order valence-corrected chi connectivity index (χ1v) is 9.31. The van der Waals surface area contributed by atoms with Crippen LogP contribution >= 0.6 is 0 Å². The molecule has 0 radical (unpaired) electrons. The molecule has 0 unspecified atom stereocenters. The van der Waals surface area contributed by atoms with Gasteiger partial charge in [0.05, 0.1) is 18.4 Å². The number of aromatic nitrogens is 1. The van der Waals surface area contributed by atoms with E-state index in [2.05, 4.69) is 27.9 Å². The van der Waals surface area contributed by atoms with Crippen molar-refractivity contribution in [2.45, 2.75) is 0 Å². The zero-order chi connectivity index (χ0) is 18.6. The molecule has 0 N–H and O–H groups in total. The van der Waals surface area contributed by atoms with Gasteiger partial charge in [-0.3, -0.25) is 9.78 Å². The van der Waals surface area contributed by atoms with Crippen molar-refractivity contribution in [1.29, 1.82) is 0 Å². The van der Waals surface area contributed by atoms with E-state index in [1.807, 2.05) is 36.4 Å². The molecule has 0 atom stereocenters. The van der Waals surface area contributed by atoms with Crippen molar-refractivity contribution >= 4 is 23.4 Å². The number of morpholine rings is 1. The lowest BCUT2D eigenvalue weighted by Gasteiger charge is -2.35. The molecule has 1 aromatic carbocycles. The van der Waals surface area contributed by atoms with Crippen molar-refractivity contribution in [3.8, 4) is 0 Å². The van der Waals surface area contributed by atoms with E-state index in [-0.39, 0.29) is 5.91 Å². The zero-order valence-electron chi connectivity index (χ0n) is 15.5. The van der Waals surface area contributed by atoms with Gasteiger partial charge in [-0.05, 0) is 31.3 Å². The third-order valence-corrected chi connectivity index (χ3v) is 5.05. The summed E-state index contributed by atoms with van der Waals surface area (Å²) in [6.07, 6.45) is 5.29. The van der Waals surface area contributed by atoms with Crippen LogP contribution in [-0.2, 0) is 9.53 Å². The maximum absolute atomic E-state index is 12.9. The highest BCUT2D eigenvalue weighted by atomic mass is 16.5. The number of para-hydroxylation sites is 1. The Morgan fingerprint density at radius 1 is 1.04 bits per heavy atom. The smallest absolute Gasteiger partial charge is 0.293 e. The summed E-state index contributed by atoms with van der Waals surface area (Å²) < 4.78 is 5.73. The van der Waals surface area contributed by atoms with Gasteiger partial charge in [0.15, 0.2) is 5.76 Å². The molecule has 2 aliphatic heterocycles. The number of likely N-dealkylation sites (N-methyl/N-ethyl adjacent to an activating group) is 1. The van der Waals surface area contributed by atoms with Crippen LogP contribution in [0.4, 0.5) is 11.4 Å². The Kier molecular flexibility index (Phi) is 5.07. The summed E-state index contributed by atoms with van der Waals surface area (Å²) in [6.45, 7) is 5.04. The van der Waals surface area contributed by atoms with E-state index in [1.54, 1.807) is 17.3 Å². The fraction of sp³-hybridized carbons (Fsp3) is 0.333. The van der Waals surface area contributed by atoms with E-state index in [0.29, 0.717) is 18.9 Å². The highest BCUT2D eigenvalue weighted by molar-refractivity contribution is 6.07. The van der Waals surface area contributed by atoms with E-state index >= 15 is 0 Å². The highest BCUT2D eigenvalue weighted by Gasteiger charge is 2.27. The highest BCUT2D eigenvalue weighted by Crippen LogP contribution is 2.27. The number of pyridine rings is 1. The Morgan fingerprint density at radius 2 is 1.85 bits per heavy atom. The molecular weight excluding hydrogens is 340 g/mol. The molecule has 0 saturated carbocycles. The van der Waals surface area contributed by atoms with E-state index < -0.39 is 0 Å². The molecule has 2 fully saturated rings. The van der Waals surface area contributed by atoms with Gasteiger partial charge in [0, 0.05) is 43.6 Å². The topological polar surface area (TPSA) is 48.9 Å². The summed E-state index contributed by atoms with van der Waals surface area (Å²) in [4.78, 5) is 23.5. The molecule has 2 aromatic rings. The van der Waals surface area contributed by atoms with Crippen LogP contribution in [0.1, 0.15) is 5.56 Å². The minimum Gasteiger partial charge on any atom is -0.486 e. The summed E-state index contributed by atoms with van der Waals surface area (Å²) >= 11 is 0. The van der Waals surface area contributed by atoms with Gasteiger partial charge >= 0.3 is 0 Å². The first kappa shape index (κ1) is 17.5. The molecule has 140 valence electrons. The van der Waals surface area contributed by atoms with Gasteiger partial charge in [-0.2, -0.15) is 0 Å². The van der Waals surface area contributed by atoms with Crippen LogP contribution in [0, 0.1) is 0 Å². The molecule has 2 aliphatic rings. The number of amides is 1. The number of carbonyl (C=O) groups excluding carboxylic acids is 1. The Bertz CT molecular complexity index is 829. The van der Waals surface area contributed by atoms with Crippen molar-refractivity contribution in [3.05, 3.63) is 60.1 Å². The SMILES string of the molecule is CN1CCN(c2ccccc2C=C2OCCN(c3cccnc3)C2=O)CC1. The minimum atomic E-state index is -0.123. The predicted molar refractivity (Wildman–Crippen MR) is 107 cm³/mol. The summed E-state index contributed by atoms with van der Waals surface area (Å²) in [5.41, 5.74) is 2.95. The van der Waals surface area contributed by atoms with Gasteiger partial charge < -0.3 is 19.4 Å². The number of hydrogen-bond acceptors (Lipinski definition) is 5. The molecule has 4 rings (SSSR count). The number of benzene rings is 1. The van der Waals surface area contributed by atoms with Gasteiger partial charge in [0.2, 0.25) is 0 Å². The maximum atomic E-state index is 12.9. The number of carbonyl (C=O) groups is 1. The minimum absolute atomic E-state index is 0.123. The van der Waals surface area contributed by atoms with E-state index in [0.717, 1.165) is 43.1 Å². The Labute approximate surface area is 159 Å². The first-order chi connectivity index (χ1) is 13.2. The molecule has 1 aromatic heterocycles. The Balaban J connectivity index is 1.61. The monoisotopic (exact) mass is 364 g/mol. The zero-order valence-corrected chi connectivity index (χ0v) is 15.5. The number of anilines is 2. The van der Waals surface area contributed by atoms with Crippen LogP contribution in [0.3, 0.4) is 0 Å². The molecular formula is C21H24N4O2. The van der Waals surface area contributed by atoms with Crippen LogP contribution in [0.25, 0.3) is 6.08 Å². The van der Waals surface area contributed by atoms with E-state index in [4.69, 9.17) is 4.74 Å². The molecule has 3 heterocycles. The Morgan fingerprint density at radius 3 is 2.63 bits per heavy atom. The lowest BCUT2D eigenvalue weighted by Crippen LogP contribution is -2.44. The largest absolute Gasteiger partial charge is 0.486 e. The van der Waals surface area contributed by atoms with Crippen LogP contribution in [0.15, 0.2) is 54.6 Å². The van der Waals surface area contributed by atoms with Crippen molar-refractivity contribution in [1.82, 2.24) is 9.88 Å². The number of piperazine rings is 1. The summed E-state index contributed by atoms with van der Waals surface area (Å²) in [5.74, 6) is 0.258. The van der Waals surface area contributed by atoms with E-state index in [9.17, 15) is 4.79 Å².